The van der Waals surface area contributed by atoms with E-state index in [4.69, 9.17) is 0 Å². The van der Waals surface area contributed by atoms with Crippen LogP contribution in [0.5, 0.6) is 0 Å². The van der Waals surface area contributed by atoms with Gasteiger partial charge in [0.1, 0.15) is 5.76 Å². The van der Waals surface area contributed by atoms with E-state index in [1.54, 1.807) is 7.05 Å². The van der Waals surface area contributed by atoms with Crippen molar-refractivity contribution in [3.63, 3.8) is 0 Å². The first-order valence-corrected chi connectivity index (χ1v) is 4.13. The second-order valence-corrected chi connectivity index (χ2v) is 2.88. The molecule has 0 spiro atoms. The van der Waals surface area contributed by atoms with Gasteiger partial charge in [0.15, 0.2) is 0 Å². The number of halogens is 3. The molecule has 0 amide bonds. The first-order chi connectivity index (χ1) is 6.45. The smallest absolute Gasteiger partial charge is 0.438 e. The summed E-state index contributed by atoms with van der Waals surface area (Å²) in [6.07, 6.45) is -4.09. The number of rotatable bonds is 3. The maximum Gasteiger partial charge on any atom is 0.468 e. The van der Waals surface area contributed by atoms with E-state index in [2.05, 4.69) is 14.7 Å². The van der Waals surface area contributed by atoms with E-state index in [0.717, 1.165) is 0 Å². The van der Waals surface area contributed by atoms with Crippen molar-refractivity contribution >= 4 is 0 Å². The van der Waals surface area contributed by atoms with Crippen LogP contribution in [0.1, 0.15) is 17.3 Å². The van der Waals surface area contributed by atoms with Gasteiger partial charge in [-0.05, 0) is 14.0 Å². The van der Waals surface area contributed by atoms with E-state index < -0.39 is 12.1 Å². The molecule has 3 nitrogen and oxygen atoms in total. The molecular weight excluding hydrogens is 197 g/mol. The molecule has 0 fully saturated rings. The summed E-state index contributed by atoms with van der Waals surface area (Å²) in [7, 11) is 1.72. The summed E-state index contributed by atoms with van der Waals surface area (Å²) in [5.74, 6) is -0.882. The van der Waals surface area contributed by atoms with Crippen LogP contribution in [0.25, 0.3) is 0 Å². The maximum absolute atomic E-state index is 12.1. The van der Waals surface area contributed by atoms with Gasteiger partial charge in [0.05, 0.1) is 5.69 Å². The third kappa shape index (κ3) is 2.47. The number of oxazole rings is 1. The number of hydrogen-bond acceptors (Lipinski definition) is 3. The van der Waals surface area contributed by atoms with Crippen LogP contribution in [0.15, 0.2) is 4.42 Å². The molecule has 0 atom stereocenters. The second-order valence-electron chi connectivity index (χ2n) is 2.88. The van der Waals surface area contributed by atoms with Crippen LogP contribution in [0.3, 0.4) is 0 Å². The monoisotopic (exact) mass is 208 g/mol. The lowest BCUT2D eigenvalue weighted by Gasteiger charge is -1.99. The molecule has 0 unspecified atom stereocenters. The Bertz CT molecular complexity index is 306. The highest BCUT2D eigenvalue weighted by atomic mass is 19.4. The van der Waals surface area contributed by atoms with Crippen molar-refractivity contribution in [3.05, 3.63) is 17.3 Å². The van der Waals surface area contributed by atoms with Gasteiger partial charge in [-0.1, -0.05) is 0 Å². The molecule has 14 heavy (non-hydrogen) atoms. The van der Waals surface area contributed by atoms with Gasteiger partial charge in [0.2, 0.25) is 0 Å². The molecule has 0 aliphatic heterocycles. The van der Waals surface area contributed by atoms with Gasteiger partial charge in [-0.15, -0.1) is 0 Å². The molecule has 1 rings (SSSR count). The molecule has 6 heteroatoms. The van der Waals surface area contributed by atoms with Crippen molar-refractivity contribution < 1.29 is 17.6 Å². The van der Waals surface area contributed by atoms with E-state index in [1.807, 2.05) is 0 Å². The summed E-state index contributed by atoms with van der Waals surface area (Å²) in [6.45, 7) is 2.07. The number of aromatic nitrogens is 1. The largest absolute Gasteiger partial charge is 0.468 e. The van der Waals surface area contributed by atoms with E-state index in [9.17, 15) is 13.2 Å². The Balaban J connectivity index is 2.82. The highest BCUT2D eigenvalue weighted by Crippen LogP contribution is 2.29. The van der Waals surface area contributed by atoms with Crippen LogP contribution >= 0.6 is 0 Å². The van der Waals surface area contributed by atoms with Crippen molar-refractivity contribution in [2.45, 2.75) is 19.5 Å². The molecule has 1 aromatic rings. The lowest BCUT2D eigenvalue weighted by atomic mass is 10.3. The Morgan fingerprint density at radius 1 is 1.43 bits per heavy atom. The molecule has 0 saturated heterocycles. The number of hydrogen-bond donors (Lipinski definition) is 1. The summed E-state index contributed by atoms with van der Waals surface area (Å²) in [5, 5.41) is 2.82. The third-order valence-electron chi connectivity index (χ3n) is 1.74. The van der Waals surface area contributed by atoms with Crippen molar-refractivity contribution in [2.24, 2.45) is 0 Å². The first kappa shape index (κ1) is 11.0. The maximum atomic E-state index is 12.1. The Labute approximate surface area is 79.3 Å². The average molecular weight is 208 g/mol. The minimum Gasteiger partial charge on any atom is -0.438 e. The van der Waals surface area contributed by atoms with E-state index in [1.165, 1.54) is 6.92 Å². The van der Waals surface area contributed by atoms with E-state index >= 15 is 0 Å². The Morgan fingerprint density at radius 3 is 2.50 bits per heavy atom. The molecule has 0 radical (unpaired) electrons. The topological polar surface area (TPSA) is 38.1 Å². The molecule has 1 heterocycles. The highest BCUT2D eigenvalue weighted by Gasteiger charge is 2.37. The fraction of sp³-hybridized carbons (Fsp3) is 0.625. The summed E-state index contributed by atoms with van der Waals surface area (Å²) in [6, 6.07) is 0. The zero-order valence-corrected chi connectivity index (χ0v) is 7.90. The molecular formula is C8H11F3N2O. The highest BCUT2D eigenvalue weighted by molar-refractivity contribution is 5.09. The fourth-order valence-electron chi connectivity index (χ4n) is 1.02. The predicted molar refractivity (Wildman–Crippen MR) is 43.9 cm³/mol. The Hall–Kier alpha value is -1.04. The number of likely N-dealkylation sites (N-methyl/N-ethyl adjacent to an activating group) is 1. The normalized spacial score (nSPS) is 12.1. The van der Waals surface area contributed by atoms with Gasteiger partial charge >= 0.3 is 12.1 Å². The lowest BCUT2D eigenvalue weighted by molar-refractivity contribution is -0.157. The number of aryl methyl sites for hydroxylation is 1. The molecule has 0 aliphatic rings. The van der Waals surface area contributed by atoms with E-state index in [0.29, 0.717) is 18.7 Å². The van der Waals surface area contributed by atoms with Gasteiger partial charge in [-0.3, -0.25) is 0 Å². The van der Waals surface area contributed by atoms with Crippen molar-refractivity contribution in [1.82, 2.24) is 10.3 Å². The standard InChI is InChI=1S/C8H11F3N2O/c1-5-6(3-4-12-2)14-7(13-5)8(9,10)11/h12H,3-4H2,1-2H3. The molecule has 80 valence electrons. The average Bonchev–Trinajstić information content (AvgIpc) is 2.43. The van der Waals surface area contributed by atoms with Crippen molar-refractivity contribution in [3.8, 4) is 0 Å². The summed E-state index contributed by atoms with van der Waals surface area (Å²) >= 11 is 0. The SMILES string of the molecule is CNCCc1oc(C(F)(F)F)nc1C. The van der Waals surface area contributed by atoms with Gasteiger partial charge in [-0.25, -0.2) is 4.98 Å². The van der Waals surface area contributed by atoms with Crippen LogP contribution < -0.4 is 5.32 Å². The molecule has 0 saturated carbocycles. The van der Waals surface area contributed by atoms with Gasteiger partial charge in [-0.2, -0.15) is 13.2 Å². The van der Waals surface area contributed by atoms with E-state index in [-0.39, 0.29) is 5.76 Å². The summed E-state index contributed by atoms with van der Waals surface area (Å²) < 4.78 is 41.0. The van der Waals surface area contributed by atoms with Gasteiger partial charge in [0, 0.05) is 13.0 Å². The minimum atomic E-state index is -4.50. The fourth-order valence-corrected chi connectivity index (χ4v) is 1.02. The summed E-state index contributed by atoms with van der Waals surface area (Å²) in [5.41, 5.74) is 0.299. The predicted octanol–water partition coefficient (Wildman–Crippen LogP) is 1.76. The molecule has 0 bridgehead atoms. The minimum absolute atomic E-state index is 0.284. The van der Waals surface area contributed by atoms with Crippen LogP contribution in [0, 0.1) is 6.92 Å². The van der Waals surface area contributed by atoms with Crippen LogP contribution in [0.2, 0.25) is 0 Å². The quantitative estimate of drug-likeness (QED) is 0.822. The van der Waals surface area contributed by atoms with Gasteiger partial charge in [0.25, 0.3) is 0 Å². The Morgan fingerprint density at radius 2 is 2.07 bits per heavy atom. The Kier molecular flexibility index (Phi) is 3.15. The number of alkyl halides is 3. The number of nitrogens with one attached hydrogen (secondary N) is 1. The molecule has 1 aromatic heterocycles. The molecule has 0 aliphatic carbocycles. The molecule has 1 N–H and O–H groups in total. The molecule has 0 aromatic carbocycles. The third-order valence-corrected chi connectivity index (χ3v) is 1.74. The lowest BCUT2D eigenvalue weighted by Crippen LogP contribution is -2.10. The van der Waals surface area contributed by atoms with Crippen molar-refractivity contribution in [1.29, 1.82) is 0 Å². The van der Waals surface area contributed by atoms with Crippen molar-refractivity contribution in [2.75, 3.05) is 13.6 Å². The zero-order chi connectivity index (χ0) is 10.8. The van der Waals surface area contributed by atoms with Crippen LogP contribution in [0.4, 0.5) is 13.2 Å². The zero-order valence-electron chi connectivity index (χ0n) is 7.90. The summed E-state index contributed by atoms with van der Waals surface area (Å²) in [4.78, 5) is 3.32. The van der Waals surface area contributed by atoms with Gasteiger partial charge < -0.3 is 9.73 Å². The van der Waals surface area contributed by atoms with Crippen LogP contribution in [-0.2, 0) is 12.6 Å². The second kappa shape index (κ2) is 4.00. The van der Waals surface area contributed by atoms with Crippen LogP contribution in [-0.4, -0.2) is 18.6 Å². The first-order valence-electron chi connectivity index (χ1n) is 4.13. The number of nitrogens with zero attached hydrogens (tertiary/aromatic N) is 1.